The molecule has 0 saturated heterocycles. The van der Waals surface area contributed by atoms with E-state index in [1.54, 1.807) is 18.4 Å². The van der Waals surface area contributed by atoms with Gasteiger partial charge in [0.15, 0.2) is 0 Å². The van der Waals surface area contributed by atoms with Gasteiger partial charge in [0, 0.05) is 17.1 Å². The summed E-state index contributed by atoms with van der Waals surface area (Å²) in [6.45, 7) is 1.72. The van der Waals surface area contributed by atoms with Crippen LogP contribution in [-0.4, -0.2) is 13.7 Å². The van der Waals surface area contributed by atoms with Crippen LogP contribution in [0.4, 0.5) is 0 Å². The van der Waals surface area contributed by atoms with Gasteiger partial charge in [0.05, 0.1) is 7.11 Å². The maximum absolute atomic E-state index is 5.99. The highest BCUT2D eigenvalue weighted by atomic mass is 35.5. The van der Waals surface area contributed by atoms with E-state index in [4.69, 9.17) is 16.3 Å². The van der Waals surface area contributed by atoms with Crippen molar-refractivity contribution in [1.29, 1.82) is 0 Å². The van der Waals surface area contributed by atoms with E-state index in [0.29, 0.717) is 0 Å². The minimum Gasteiger partial charge on any atom is -0.496 e. The molecular formula is C14H16ClNOS. The molecule has 2 aromatic rings. The number of hydrogen-bond acceptors (Lipinski definition) is 3. The predicted molar refractivity (Wildman–Crippen MR) is 77.7 cm³/mol. The van der Waals surface area contributed by atoms with Gasteiger partial charge in [-0.3, -0.25) is 0 Å². The molecular weight excluding hydrogens is 266 g/mol. The topological polar surface area (TPSA) is 21.3 Å². The summed E-state index contributed by atoms with van der Waals surface area (Å²) in [6.07, 6.45) is 1.05. The van der Waals surface area contributed by atoms with E-state index in [2.05, 4.69) is 22.1 Å². The Labute approximate surface area is 117 Å². The summed E-state index contributed by atoms with van der Waals surface area (Å²) in [5.74, 6) is 0.877. The third kappa shape index (κ3) is 3.73. The first kappa shape index (κ1) is 13.4. The van der Waals surface area contributed by atoms with Crippen molar-refractivity contribution >= 4 is 22.9 Å². The molecule has 2 rings (SSSR count). The summed E-state index contributed by atoms with van der Waals surface area (Å²) in [5, 5.41) is 8.44. The molecule has 0 aliphatic rings. The third-order valence-corrected chi connectivity index (χ3v) is 3.70. The van der Waals surface area contributed by atoms with E-state index >= 15 is 0 Å². The van der Waals surface area contributed by atoms with Gasteiger partial charge in [-0.15, -0.1) is 0 Å². The van der Waals surface area contributed by atoms with Gasteiger partial charge < -0.3 is 10.1 Å². The average Bonchev–Trinajstić information content (AvgIpc) is 2.88. The zero-order valence-electron chi connectivity index (χ0n) is 10.3. The summed E-state index contributed by atoms with van der Waals surface area (Å²) in [6, 6.07) is 7.85. The number of halogens is 1. The molecule has 1 aromatic heterocycles. The van der Waals surface area contributed by atoms with E-state index in [0.717, 1.165) is 35.8 Å². The molecule has 2 nitrogen and oxygen atoms in total. The first-order valence-electron chi connectivity index (χ1n) is 5.84. The zero-order chi connectivity index (χ0) is 12.8. The first-order valence-corrected chi connectivity index (χ1v) is 7.16. The van der Waals surface area contributed by atoms with Crippen LogP contribution in [0.2, 0.25) is 5.02 Å². The Bertz CT molecular complexity index is 485. The molecule has 0 amide bonds. The van der Waals surface area contributed by atoms with Crippen LogP contribution in [0.5, 0.6) is 5.75 Å². The van der Waals surface area contributed by atoms with Crippen LogP contribution in [0, 0.1) is 0 Å². The number of benzene rings is 1. The van der Waals surface area contributed by atoms with Crippen LogP contribution in [0.3, 0.4) is 0 Å². The van der Waals surface area contributed by atoms with Crippen LogP contribution in [0.15, 0.2) is 35.0 Å². The molecule has 1 N–H and O–H groups in total. The quantitative estimate of drug-likeness (QED) is 0.815. The summed E-state index contributed by atoms with van der Waals surface area (Å²) in [4.78, 5) is 0. The zero-order valence-corrected chi connectivity index (χ0v) is 11.9. The van der Waals surface area contributed by atoms with Gasteiger partial charge in [0.1, 0.15) is 5.75 Å². The fourth-order valence-corrected chi connectivity index (χ4v) is 2.67. The minimum absolute atomic E-state index is 0.741. The maximum atomic E-state index is 5.99. The van der Waals surface area contributed by atoms with Gasteiger partial charge in [-0.2, -0.15) is 11.3 Å². The second-order valence-corrected chi connectivity index (χ2v) is 5.23. The Balaban J connectivity index is 1.84. The Hall–Kier alpha value is -1.03. The van der Waals surface area contributed by atoms with E-state index in [1.807, 2.05) is 18.2 Å². The Kier molecular flexibility index (Phi) is 5.05. The lowest BCUT2D eigenvalue weighted by molar-refractivity contribution is 0.408. The van der Waals surface area contributed by atoms with Crippen LogP contribution in [-0.2, 0) is 13.0 Å². The van der Waals surface area contributed by atoms with Gasteiger partial charge in [-0.25, -0.2) is 0 Å². The van der Waals surface area contributed by atoms with E-state index in [1.165, 1.54) is 5.56 Å². The fraction of sp³-hybridized carbons (Fsp3) is 0.286. The molecule has 18 heavy (non-hydrogen) atoms. The molecule has 96 valence electrons. The highest BCUT2D eigenvalue weighted by Crippen LogP contribution is 2.22. The van der Waals surface area contributed by atoms with Crippen molar-refractivity contribution in [3.63, 3.8) is 0 Å². The Morgan fingerprint density at radius 1 is 1.33 bits per heavy atom. The molecule has 0 spiro atoms. The minimum atomic E-state index is 0.741. The van der Waals surface area contributed by atoms with Gasteiger partial charge in [0.25, 0.3) is 0 Å². The lowest BCUT2D eigenvalue weighted by atomic mass is 10.2. The van der Waals surface area contributed by atoms with E-state index in [-0.39, 0.29) is 0 Å². The van der Waals surface area contributed by atoms with E-state index < -0.39 is 0 Å². The monoisotopic (exact) mass is 281 g/mol. The molecule has 4 heteroatoms. The van der Waals surface area contributed by atoms with Gasteiger partial charge in [-0.05, 0) is 53.6 Å². The molecule has 0 aliphatic heterocycles. The molecule has 0 saturated carbocycles. The maximum Gasteiger partial charge on any atom is 0.123 e. The van der Waals surface area contributed by atoms with Crippen LogP contribution in [0.1, 0.15) is 11.1 Å². The largest absolute Gasteiger partial charge is 0.496 e. The molecule has 1 aromatic carbocycles. The van der Waals surface area contributed by atoms with Gasteiger partial charge >= 0.3 is 0 Å². The summed E-state index contributed by atoms with van der Waals surface area (Å²) in [7, 11) is 1.68. The van der Waals surface area contributed by atoms with Crippen molar-refractivity contribution < 1.29 is 4.74 Å². The lowest BCUT2D eigenvalue weighted by Gasteiger charge is -2.09. The number of rotatable bonds is 6. The Morgan fingerprint density at radius 3 is 2.94 bits per heavy atom. The molecule has 0 radical (unpaired) electrons. The van der Waals surface area contributed by atoms with Crippen molar-refractivity contribution in [2.45, 2.75) is 13.0 Å². The van der Waals surface area contributed by atoms with Crippen LogP contribution in [0.25, 0.3) is 0 Å². The highest BCUT2D eigenvalue weighted by Gasteiger charge is 2.03. The highest BCUT2D eigenvalue weighted by molar-refractivity contribution is 7.07. The average molecular weight is 282 g/mol. The number of hydrogen-bond donors (Lipinski definition) is 1. The fourth-order valence-electron chi connectivity index (χ4n) is 1.78. The predicted octanol–water partition coefficient (Wildman–Crippen LogP) is 3.74. The molecule has 0 aliphatic carbocycles. The van der Waals surface area contributed by atoms with Crippen LogP contribution < -0.4 is 10.1 Å². The first-order chi connectivity index (χ1) is 8.79. The standard InChI is InChI=1S/C14H16ClNOS/c1-17-14-3-2-13(15)8-12(14)9-16-6-4-11-5-7-18-10-11/h2-3,5,7-8,10,16H,4,6,9H2,1H3. The molecule has 0 bridgehead atoms. The second-order valence-electron chi connectivity index (χ2n) is 4.01. The van der Waals surface area contributed by atoms with Gasteiger partial charge in [-0.1, -0.05) is 11.6 Å². The molecule has 0 fully saturated rings. The molecule has 0 atom stereocenters. The smallest absolute Gasteiger partial charge is 0.123 e. The van der Waals surface area contributed by atoms with E-state index in [9.17, 15) is 0 Å². The van der Waals surface area contributed by atoms with Gasteiger partial charge in [0.2, 0.25) is 0 Å². The van der Waals surface area contributed by atoms with Crippen molar-refractivity contribution in [1.82, 2.24) is 5.32 Å². The normalized spacial score (nSPS) is 10.6. The van der Waals surface area contributed by atoms with Crippen molar-refractivity contribution in [2.24, 2.45) is 0 Å². The number of methoxy groups -OCH3 is 1. The van der Waals surface area contributed by atoms with Crippen molar-refractivity contribution in [2.75, 3.05) is 13.7 Å². The summed E-state index contributed by atoms with van der Waals surface area (Å²) in [5.41, 5.74) is 2.47. The second kappa shape index (κ2) is 6.78. The van der Waals surface area contributed by atoms with Crippen molar-refractivity contribution in [3.8, 4) is 5.75 Å². The number of thiophene rings is 1. The SMILES string of the molecule is COc1ccc(Cl)cc1CNCCc1ccsc1. The van der Waals surface area contributed by atoms with Crippen molar-refractivity contribution in [3.05, 3.63) is 51.2 Å². The molecule has 1 heterocycles. The Morgan fingerprint density at radius 2 is 2.22 bits per heavy atom. The van der Waals surface area contributed by atoms with Crippen LogP contribution >= 0.6 is 22.9 Å². The molecule has 0 unspecified atom stereocenters. The number of ether oxygens (including phenoxy) is 1. The summed E-state index contributed by atoms with van der Waals surface area (Å²) >= 11 is 7.72. The lowest BCUT2D eigenvalue weighted by Crippen LogP contribution is -2.17. The number of nitrogens with one attached hydrogen (secondary N) is 1. The third-order valence-electron chi connectivity index (χ3n) is 2.73. The summed E-state index contributed by atoms with van der Waals surface area (Å²) < 4.78 is 5.31.